The number of ether oxygens (including phenoxy) is 1. The third-order valence-electron chi connectivity index (χ3n) is 6.51. The molecule has 2 unspecified atom stereocenters. The van der Waals surface area contributed by atoms with Crippen molar-refractivity contribution in [1.29, 1.82) is 0 Å². The second-order valence-electron chi connectivity index (χ2n) is 9.18. The van der Waals surface area contributed by atoms with Crippen LogP contribution in [0, 0.1) is 11.6 Å². The Morgan fingerprint density at radius 1 is 1.09 bits per heavy atom. The van der Waals surface area contributed by atoms with E-state index in [1.165, 1.54) is 19.1 Å². The molecular formula is C27H34F2N2O4. The number of aliphatic hydroxyl groups excluding tert-OH is 1. The van der Waals surface area contributed by atoms with Crippen molar-refractivity contribution in [2.24, 2.45) is 0 Å². The van der Waals surface area contributed by atoms with E-state index in [0.29, 0.717) is 17.7 Å². The van der Waals surface area contributed by atoms with E-state index in [0.717, 1.165) is 43.7 Å². The van der Waals surface area contributed by atoms with Crippen LogP contribution in [-0.2, 0) is 21.5 Å². The summed E-state index contributed by atoms with van der Waals surface area (Å²) in [5, 5.41) is 17.2. The first-order valence-electron chi connectivity index (χ1n) is 12.2. The SMILES string of the molecule is CCOC(=O)c1cccc(C2(NCC(O)C(Cc3cc(F)cc(F)c3)NC(C)=O)CCCCC2)c1. The van der Waals surface area contributed by atoms with Gasteiger partial charge in [0.05, 0.1) is 24.3 Å². The molecule has 0 radical (unpaired) electrons. The highest BCUT2D eigenvalue weighted by Crippen LogP contribution is 2.37. The first-order chi connectivity index (χ1) is 16.7. The lowest BCUT2D eigenvalue weighted by Gasteiger charge is -2.40. The Morgan fingerprint density at radius 3 is 2.40 bits per heavy atom. The van der Waals surface area contributed by atoms with Gasteiger partial charge in [-0.25, -0.2) is 13.6 Å². The molecular weight excluding hydrogens is 454 g/mol. The molecule has 1 aliphatic carbocycles. The zero-order valence-corrected chi connectivity index (χ0v) is 20.3. The van der Waals surface area contributed by atoms with Crippen LogP contribution in [0.25, 0.3) is 0 Å². The number of aliphatic hydroxyl groups is 1. The van der Waals surface area contributed by atoms with Crippen molar-refractivity contribution < 1.29 is 28.2 Å². The Hall–Kier alpha value is -2.84. The minimum atomic E-state index is -1.02. The largest absolute Gasteiger partial charge is 0.462 e. The number of carbonyl (C=O) groups is 2. The summed E-state index contributed by atoms with van der Waals surface area (Å²) in [6.45, 7) is 3.53. The highest BCUT2D eigenvalue weighted by molar-refractivity contribution is 5.89. The summed E-state index contributed by atoms with van der Waals surface area (Å²) in [5.41, 5.74) is 1.31. The Morgan fingerprint density at radius 2 is 1.77 bits per heavy atom. The minimum Gasteiger partial charge on any atom is -0.462 e. The fraction of sp³-hybridized carbons (Fsp3) is 0.481. The molecule has 1 aliphatic rings. The van der Waals surface area contributed by atoms with Crippen molar-refractivity contribution in [3.8, 4) is 0 Å². The van der Waals surface area contributed by atoms with E-state index in [2.05, 4.69) is 10.6 Å². The van der Waals surface area contributed by atoms with Gasteiger partial charge in [0.2, 0.25) is 5.91 Å². The van der Waals surface area contributed by atoms with E-state index in [-0.39, 0.29) is 24.8 Å². The van der Waals surface area contributed by atoms with Gasteiger partial charge in [-0.15, -0.1) is 0 Å². The molecule has 0 bridgehead atoms. The van der Waals surface area contributed by atoms with Crippen LogP contribution in [0.15, 0.2) is 42.5 Å². The Bertz CT molecular complexity index is 1000. The van der Waals surface area contributed by atoms with Gasteiger partial charge in [-0.3, -0.25) is 4.79 Å². The topological polar surface area (TPSA) is 87.7 Å². The van der Waals surface area contributed by atoms with Crippen LogP contribution in [0.4, 0.5) is 8.78 Å². The van der Waals surface area contributed by atoms with Gasteiger partial charge < -0.3 is 20.5 Å². The van der Waals surface area contributed by atoms with Crippen LogP contribution in [0.3, 0.4) is 0 Å². The first kappa shape index (κ1) is 26.8. The standard InChI is InChI=1S/C27H34F2N2O4/c1-3-35-26(34)20-8-7-9-21(15-20)27(10-5-4-6-11-27)30-17-25(33)24(31-18(2)32)14-19-12-22(28)16-23(29)13-19/h7-9,12-13,15-16,24-25,30,33H,3-6,10-11,14,17H2,1-2H3,(H,31,32). The van der Waals surface area contributed by atoms with Crippen molar-refractivity contribution in [3.05, 3.63) is 70.8 Å². The summed E-state index contributed by atoms with van der Waals surface area (Å²) in [5.74, 6) is -2.15. The fourth-order valence-corrected chi connectivity index (χ4v) is 4.85. The van der Waals surface area contributed by atoms with Gasteiger partial charge >= 0.3 is 5.97 Å². The van der Waals surface area contributed by atoms with Gasteiger partial charge in [0.15, 0.2) is 0 Å². The van der Waals surface area contributed by atoms with E-state index < -0.39 is 29.3 Å². The number of carbonyl (C=O) groups excluding carboxylic acids is 2. The normalized spacial score (nSPS) is 16.8. The lowest BCUT2D eigenvalue weighted by Crippen LogP contribution is -2.53. The van der Waals surface area contributed by atoms with Crippen LogP contribution in [0.2, 0.25) is 0 Å². The second kappa shape index (κ2) is 12.2. The molecule has 6 nitrogen and oxygen atoms in total. The molecule has 1 fully saturated rings. The smallest absolute Gasteiger partial charge is 0.338 e. The van der Waals surface area contributed by atoms with Crippen molar-refractivity contribution in [2.75, 3.05) is 13.2 Å². The summed E-state index contributed by atoms with van der Waals surface area (Å²) >= 11 is 0. The van der Waals surface area contributed by atoms with Gasteiger partial charge in [-0.2, -0.15) is 0 Å². The van der Waals surface area contributed by atoms with Crippen LogP contribution >= 0.6 is 0 Å². The maximum absolute atomic E-state index is 13.7. The molecule has 0 saturated heterocycles. The van der Waals surface area contributed by atoms with Crippen molar-refractivity contribution in [1.82, 2.24) is 10.6 Å². The monoisotopic (exact) mass is 488 g/mol. The van der Waals surface area contributed by atoms with Gasteiger partial charge in [-0.1, -0.05) is 31.4 Å². The van der Waals surface area contributed by atoms with Gasteiger partial charge in [-0.05, 0) is 61.6 Å². The van der Waals surface area contributed by atoms with E-state index in [1.807, 2.05) is 18.2 Å². The highest BCUT2D eigenvalue weighted by Gasteiger charge is 2.35. The van der Waals surface area contributed by atoms with E-state index in [9.17, 15) is 23.5 Å². The summed E-state index contributed by atoms with van der Waals surface area (Å²) in [4.78, 5) is 24.1. The van der Waals surface area contributed by atoms with Gasteiger partial charge in [0.25, 0.3) is 0 Å². The minimum absolute atomic E-state index is 0.0719. The summed E-state index contributed by atoms with van der Waals surface area (Å²) < 4.78 is 32.5. The van der Waals surface area contributed by atoms with E-state index in [4.69, 9.17) is 4.74 Å². The Labute approximate surface area is 205 Å². The lowest BCUT2D eigenvalue weighted by molar-refractivity contribution is -0.120. The number of halogens is 2. The van der Waals surface area contributed by atoms with Crippen LogP contribution in [-0.4, -0.2) is 42.3 Å². The third kappa shape index (κ3) is 7.32. The maximum Gasteiger partial charge on any atom is 0.338 e. The molecule has 35 heavy (non-hydrogen) atoms. The number of nitrogens with one attached hydrogen (secondary N) is 2. The van der Waals surface area contributed by atoms with Crippen molar-refractivity contribution >= 4 is 11.9 Å². The number of rotatable bonds is 10. The van der Waals surface area contributed by atoms with Crippen LogP contribution < -0.4 is 10.6 Å². The number of hydrogen-bond donors (Lipinski definition) is 3. The zero-order chi connectivity index (χ0) is 25.4. The molecule has 2 atom stereocenters. The maximum atomic E-state index is 13.7. The number of amides is 1. The molecule has 0 spiro atoms. The average molecular weight is 489 g/mol. The second-order valence-corrected chi connectivity index (χ2v) is 9.18. The van der Waals surface area contributed by atoms with Crippen molar-refractivity contribution in [2.45, 2.75) is 70.1 Å². The average Bonchev–Trinajstić information content (AvgIpc) is 2.82. The Kier molecular flexibility index (Phi) is 9.34. The molecule has 0 aliphatic heterocycles. The van der Waals surface area contributed by atoms with E-state index in [1.54, 1.807) is 13.0 Å². The summed E-state index contributed by atoms with van der Waals surface area (Å²) in [6.07, 6.45) is 3.79. The molecule has 190 valence electrons. The molecule has 0 aromatic heterocycles. The Balaban J connectivity index is 1.79. The summed E-state index contributed by atoms with van der Waals surface area (Å²) in [7, 11) is 0. The predicted molar refractivity (Wildman–Crippen MR) is 129 cm³/mol. The van der Waals surface area contributed by atoms with E-state index >= 15 is 0 Å². The van der Waals surface area contributed by atoms with Gasteiger partial charge in [0, 0.05) is 25.1 Å². The highest BCUT2D eigenvalue weighted by atomic mass is 19.1. The molecule has 8 heteroatoms. The van der Waals surface area contributed by atoms with Crippen LogP contribution in [0.1, 0.15) is 67.4 Å². The fourth-order valence-electron chi connectivity index (χ4n) is 4.85. The number of esters is 1. The molecule has 2 aromatic rings. The quantitative estimate of drug-likeness (QED) is 0.440. The first-order valence-corrected chi connectivity index (χ1v) is 12.2. The van der Waals surface area contributed by atoms with Gasteiger partial charge in [0.1, 0.15) is 11.6 Å². The van der Waals surface area contributed by atoms with Crippen LogP contribution in [0.5, 0.6) is 0 Å². The zero-order valence-electron chi connectivity index (χ0n) is 20.3. The van der Waals surface area contributed by atoms with Crippen molar-refractivity contribution in [3.63, 3.8) is 0 Å². The lowest BCUT2D eigenvalue weighted by atomic mass is 9.76. The molecule has 3 rings (SSSR count). The molecule has 0 heterocycles. The molecule has 1 saturated carbocycles. The number of hydrogen-bond acceptors (Lipinski definition) is 5. The molecule has 1 amide bonds. The third-order valence-corrected chi connectivity index (χ3v) is 6.51. The predicted octanol–water partition coefficient (Wildman–Crippen LogP) is 4.00. The number of benzene rings is 2. The molecule has 2 aromatic carbocycles. The summed E-state index contributed by atoms with van der Waals surface area (Å²) in [6, 6.07) is 9.78. The molecule has 3 N–H and O–H groups in total.